The lowest BCUT2D eigenvalue weighted by Crippen LogP contribution is -2.69. The van der Waals surface area contributed by atoms with Gasteiger partial charge in [-0.3, -0.25) is 14.1 Å². The molecule has 0 saturated heterocycles. The molecular weight excluding hydrogens is 442 g/mol. The van der Waals surface area contributed by atoms with E-state index in [1.165, 1.54) is 18.2 Å². The molecule has 0 spiro atoms. The Morgan fingerprint density at radius 3 is 2.59 bits per heavy atom. The van der Waals surface area contributed by atoms with Crippen molar-refractivity contribution in [3.05, 3.63) is 23.8 Å². The van der Waals surface area contributed by atoms with Crippen LogP contribution in [0.15, 0.2) is 23.8 Å². The first-order valence-electron chi connectivity index (χ1n) is 10.9. The highest BCUT2D eigenvalue weighted by atomic mass is 31.2. The standard InChI is InChI=1S/C22H30FO8P/c1-12-8-16-15-5-4-13-9-14(24)6-7-19(13,2)21(15,23)17(25)10-20(16,3)22(12,27)18(26)11-31-32(28,29)30/h6-7,9,12,15-17,25,27H,4-5,8,10-11H2,1-3H3,(H2,28,29,30)/t12-,15+,16?,17+,19-,20-,21-,22-/m1/s1. The van der Waals surface area contributed by atoms with Crippen LogP contribution in [0.1, 0.15) is 46.5 Å². The van der Waals surface area contributed by atoms with E-state index in [0.717, 1.165) is 0 Å². The van der Waals surface area contributed by atoms with Crippen molar-refractivity contribution in [2.24, 2.45) is 28.6 Å². The normalized spacial score (nSPS) is 48.0. The molecule has 3 fully saturated rings. The van der Waals surface area contributed by atoms with Gasteiger partial charge in [0.15, 0.2) is 17.2 Å². The van der Waals surface area contributed by atoms with Crippen molar-refractivity contribution >= 4 is 19.4 Å². The molecule has 0 heterocycles. The predicted molar refractivity (Wildman–Crippen MR) is 111 cm³/mol. The van der Waals surface area contributed by atoms with E-state index in [9.17, 15) is 24.4 Å². The number of rotatable bonds is 4. The van der Waals surface area contributed by atoms with Crippen LogP contribution in [0.25, 0.3) is 0 Å². The summed E-state index contributed by atoms with van der Waals surface area (Å²) in [6, 6.07) is 0. The second-order valence-corrected chi connectivity index (χ2v) is 11.6. The van der Waals surface area contributed by atoms with E-state index >= 15 is 4.39 Å². The highest BCUT2D eigenvalue weighted by molar-refractivity contribution is 7.46. The quantitative estimate of drug-likeness (QED) is 0.456. The number of phosphoric ester groups is 1. The molecule has 0 radical (unpaired) electrons. The molecule has 178 valence electrons. The lowest BCUT2D eigenvalue weighted by molar-refractivity contribution is -0.219. The zero-order valence-corrected chi connectivity index (χ0v) is 19.2. The summed E-state index contributed by atoms with van der Waals surface area (Å²) in [4.78, 5) is 42.8. The maximum Gasteiger partial charge on any atom is 0.470 e. The largest absolute Gasteiger partial charge is 0.470 e. The molecule has 4 rings (SSSR count). The van der Waals surface area contributed by atoms with Gasteiger partial charge in [0.25, 0.3) is 0 Å². The number of hydrogen-bond donors (Lipinski definition) is 4. The minimum Gasteiger partial charge on any atom is -0.390 e. The van der Waals surface area contributed by atoms with Gasteiger partial charge < -0.3 is 20.0 Å². The number of halogens is 1. The van der Waals surface area contributed by atoms with Crippen molar-refractivity contribution in [2.75, 3.05) is 6.61 Å². The number of aliphatic hydroxyl groups is 2. The van der Waals surface area contributed by atoms with Gasteiger partial charge in [-0.1, -0.05) is 25.5 Å². The van der Waals surface area contributed by atoms with Gasteiger partial charge in [-0.2, -0.15) is 0 Å². The molecular formula is C22H30FO8P. The Hall–Kier alpha value is -1.22. The third kappa shape index (κ3) is 2.95. The number of ketones is 2. The van der Waals surface area contributed by atoms with Gasteiger partial charge in [-0.05, 0) is 56.6 Å². The Labute approximate surface area is 185 Å². The van der Waals surface area contributed by atoms with Gasteiger partial charge in [-0.25, -0.2) is 8.96 Å². The monoisotopic (exact) mass is 472 g/mol. The molecule has 8 nitrogen and oxygen atoms in total. The number of hydrogen-bond acceptors (Lipinski definition) is 6. The van der Waals surface area contributed by atoms with Crippen LogP contribution in [0.2, 0.25) is 0 Å². The van der Waals surface area contributed by atoms with Crippen molar-refractivity contribution in [3.63, 3.8) is 0 Å². The zero-order valence-electron chi connectivity index (χ0n) is 18.3. The minimum absolute atomic E-state index is 0.211. The molecule has 10 heteroatoms. The summed E-state index contributed by atoms with van der Waals surface area (Å²) in [6.45, 7) is 4.00. The van der Waals surface area contributed by atoms with Crippen LogP contribution < -0.4 is 0 Å². The first-order valence-corrected chi connectivity index (χ1v) is 12.4. The summed E-state index contributed by atoms with van der Waals surface area (Å²) in [5.41, 5.74) is -5.88. The SMILES string of the molecule is C[C@@H]1CC2[C@@H]3CCC4=CC(=O)C=C[C@@]4(C)[C@]3(F)[C@@H](O)C[C@@]2(C)[C@]1(O)C(=O)COP(=O)(O)O. The van der Waals surface area contributed by atoms with Gasteiger partial charge in [0.1, 0.15) is 12.2 Å². The van der Waals surface area contributed by atoms with Crippen LogP contribution in [-0.4, -0.2) is 55.5 Å². The van der Waals surface area contributed by atoms with E-state index in [1.807, 2.05) is 0 Å². The molecule has 1 unspecified atom stereocenters. The summed E-state index contributed by atoms with van der Waals surface area (Å²) in [7, 11) is -4.93. The summed E-state index contributed by atoms with van der Waals surface area (Å²) >= 11 is 0. The van der Waals surface area contributed by atoms with E-state index in [2.05, 4.69) is 4.52 Å². The zero-order chi connectivity index (χ0) is 23.9. The van der Waals surface area contributed by atoms with Crippen LogP contribution in [0.5, 0.6) is 0 Å². The number of fused-ring (bicyclic) bond motifs is 5. The van der Waals surface area contributed by atoms with Crippen LogP contribution in [0.3, 0.4) is 0 Å². The van der Waals surface area contributed by atoms with Gasteiger partial charge in [0, 0.05) is 16.7 Å². The molecule has 8 atom stereocenters. The van der Waals surface area contributed by atoms with Crippen molar-refractivity contribution in [2.45, 2.75) is 63.8 Å². The lowest BCUT2D eigenvalue weighted by atomic mass is 9.44. The highest BCUT2D eigenvalue weighted by Crippen LogP contribution is 2.70. The van der Waals surface area contributed by atoms with Crippen LogP contribution in [-0.2, 0) is 18.7 Å². The molecule has 0 amide bonds. The Morgan fingerprint density at radius 2 is 1.97 bits per heavy atom. The molecule has 4 aliphatic carbocycles. The van der Waals surface area contributed by atoms with E-state index in [1.54, 1.807) is 20.8 Å². The van der Waals surface area contributed by atoms with E-state index in [-0.39, 0.29) is 12.2 Å². The smallest absolute Gasteiger partial charge is 0.390 e. The van der Waals surface area contributed by atoms with Crippen molar-refractivity contribution in [1.82, 2.24) is 0 Å². The van der Waals surface area contributed by atoms with Crippen LogP contribution >= 0.6 is 7.82 Å². The maximum atomic E-state index is 17.0. The first-order chi connectivity index (χ1) is 14.6. The Kier molecular flexibility index (Phi) is 5.34. The fraction of sp³-hybridized carbons (Fsp3) is 0.727. The Balaban J connectivity index is 1.74. The Morgan fingerprint density at radius 1 is 1.31 bits per heavy atom. The third-order valence-corrected chi connectivity index (χ3v) is 9.48. The van der Waals surface area contributed by atoms with E-state index < -0.39 is 66.2 Å². The van der Waals surface area contributed by atoms with Gasteiger partial charge >= 0.3 is 7.82 Å². The van der Waals surface area contributed by atoms with Gasteiger partial charge in [0.2, 0.25) is 0 Å². The molecule has 3 saturated carbocycles. The topological polar surface area (TPSA) is 141 Å². The number of alkyl halides is 1. The minimum atomic E-state index is -4.93. The van der Waals surface area contributed by atoms with Crippen molar-refractivity contribution in [3.8, 4) is 0 Å². The third-order valence-electron chi connectivity index (χ3n) is 9.01. The van der Waals surface area contributed by atoms with Crippen LogP contribution in [0, 0.1) is 28.6 Å². The van der Waals surface area contributed by atoms with E-state index in [4.69, 9.17) is 9.79 Å². The maximum absolute atomic E-state index is 17.0. The first kappa shape index (κ1) is 23.9. The number of allylic oxidation sites excluding steroid dienone is 4. The number of Topliss-reactive ketones (excluding diaryl/α,β-unsaturated/α-hetero) is 1. The summed E-state index contributed by atoms with van der Waals surface area (Å²) < 4.78 is 32.5. The second kappa shape index (κ2) is 7.14. The second-order valence-electron chi connectivity index (χ2n) is 10.4. The number of phosphoric acid groups is 1. The van der Waals surface area contributed by atoms with E-state index in [0.29, 0.717) is 24.8 Å². The molecule has 0 bridgehead atoms. The predicted octanol–water partition coefficient (Wildman–Crippen LogP) is 2.01. The molecule has 0 aromatic heterocycles. The average molecular weight is 472 g/mol. The number of carbonyl (C=O) groups excluding carboxylic acids is 2. The van der Waals surface area contributed by atoms with Gasteiger partial charge in [-0.15, -0.1) is 0 Å². The van der Waals surface area contributed by atoms with Crippen molar-refractivity contribution in [1.29, 1.82) is 0 Å². The molecule has 4 N–H and O–H groups in total. The summed E-state index contributed by atoms with van der Waals surface area (Å²) in [5, 5.41) is 22.8. The fourth-order valence-corrected chi connectivity index (χ4v) is 7.68. The summed E-state index contributed by atoms with van der Waals surface area (Å²) in [6.07, 6.45) is 3.70. The van der Waals surface area contributed by atoms with Crippen LogP contribution in [0.4, 0.5) is 4.39 Å². The van der Waals surface area contributed by atoms with Gasteiger partial charge in [0.05, 0.1) is 6.10 Å². The summed E-state index contributed by atoms with van der Waals surface area (Å²) in [5.74, 6) is -2.87. The number of carbonyl (C=O) groups is 2. The average Bonchev–Trinajstić information content (AvgIpc) is 2.89. The molecule has 0 aliphatic heterocycles. The lowest BCUT2D eigenvalue weighted by Gasteiger charge is -2.62. The number of aliphatic hydroxyl groups excluding tert-OH is 1. The Bertz CT molecular complexity index is 973. The highest BCUT2D eigenvalue weighted by Gasteiger charge is 2.75. The molecule has 32 heavy (non-hydrogen) atoms. The molecule has 0 aromatic carbocycles. The van der Waals surface area contributed by atoms with Crippen molar-refractivity contribution < 1.29 is 43.1 Å². The molecule has 4 aliphatic rings. The fourth-order valence-electron chi connectivity index (χ4n) is 7.39. The molecule has 0 aromatic rings.